The van der Waals surface area contributed by atoms with Crippen LogP contribution in [0.25, 0.3) is 21.5 Å². The molecule has 176 valence electrons. The summed E-state index contributed by atoms with van der Waals surface area (Å²) in [4.78, 5) is 17.0. The van der Waals surface area contributed by atoms with Crippen LogP contribution >= 0.6 is 27.3 Å². The first kappa shape index (κ1) is 24.4. The zero-order chi connectivity index (χ0) is 24.1. The molecule has 2 aromatic heterocycles. The van der Waals surface area contributed by atoms with Gasteiger partial charge in [-0.2, -0.15) is 4.31 Å². The number of carbonyl (C=O) groups is 1. The highest BCUT2D eigenvalue weighted by molar-refractivity contribution is 9.10. The van der Waals surface area contributed by atoms with Gasteiger partial charge in [0.15, 0.2) is 0 Å². The summed E-state index contributed by atoms with van der Waals surface area (Å²) in [7, 11) is -3.83. The molecule has 0 radical (unpaired) electrons. The molecule has 2 aromatic carbocycles. The van der Waals surface area contributed by atoms with E-state index in [9.17, 15) is 13.2 Å². The van der Waals surface area contributed by atoms with Crippen molar-refractivity contribution in [3.8, 4) is 10.6 Å². The molecule has 0 spiro atoms. The van der Waals surface area contributed by atoms with Crippen LogP contribution in [0.5, 0.6) is 0 Å². The molecule has 1 amide bonds. The molecule has 8 nitrogen and oxygen atoms in total. The summed E-state index contributed by atoms with van der Waals surface area (Å²) in [6, 6.07) is 16.3. The summed E-state index contributed by atoms with van der Waals surface area (Å²) in [6.45, 7) is 2.24. The zero-order valence-electron chi connectivity index (χ0n) is 18.3. The van der Waals surface area contributed by atoms with E-state index < -0.39 is 10.0 Å². The fraction of sp³-hybridized carbons (Fsp3) is 0.217. The first-order valence-electron chi connectivity index (χ1n) is 10.6. The SMILES string of the molecule is CCCN(CCC(=O)Nc1nnc(-c2cccc(Br)c2)s1)S(=O)(=O)c1cccc2cccnc12. The van der Waals surface area contributed by atoms with E-state index in [-0.39, 0.29) is 23.8 Å². The smallest absolute Gasteiger partial charge is 0.245 e. The molecular weight excluding hydrogens is 538 g/mol. The van der Waals surface area contributed by atoms with Gasteiger partial charge in [0.25, 0.3) is 0 Å². The van der Waals surface area contributed by atoms with Crippen molar-refractivity contribution in [3.05, 3.63) is 65.3 Å². The van der Waals surface area contributed by atoms with Crippen LogP contribution in [0.2, 0.25) is 0 Å². The van der Waals surface area contributed by atoms with Crippen molar-refractivity contribution in [2.45, 2.75) is 24.7 Å². The van der Waals surface area contributed by atoms with Gasteiger partial charge in [-0.05, 0) is 30.7 Å². The maximum atomic E-state index is 13.4. The molecule has 34 heavy (non-hydrogen) atoms. The highest BCUT2D eigenvalue weighted by Gasteiger charge is 2.27. The molecule has 2 heterocycles. The monoisotopic (exact) mass is 559 g/mol. The van der Waals surface area contributed by atoms with Crippen LogP contribution in [0.4, 0.5) is 5.13 Å². The van der Waals surface area contributed by atoms with Gasteiger partial charge < -0.3 is 5.32 Å². The molecule has 1 N–H and O–H groups in total. The highest BCUT2D eigenvalue weighted by atomic mass is 79.9. The van der Waals surface area contributed by atoms with Crippen molar-refractivity contribution in [1.82, 2.24) is 19.5 Å². The maximum Gasteiger partial charge on any atom is 0.245 e. The molecule has 4 rings (SSSR count). The first-order valence-corrected chi connectivity index (χ1v) is 13.7. The van der Waals surface area contributed by atoms with E-state index in [1.54, 1.807) is 24.4 Å². The molecule has 0 aliphatic heterocycles. The second-order valence-electron chi connectivity index (χ2n) is 7.46. The molecule has 0 aliphatic rings. The lowest BCUT2D eigenvalue weighted by Crippen LogP contribution is -2.34. The normalized spacial score (nSPS) is 11.7. The number of rotatable bonds is 9. The van der Waals surface area contributed by atoms with Gasteiger partial charge in [0.1, 0.15) is 9.90 Å². The van der Waals surface area contributed by atoms with Gasteiger partial charge in [-0.15, -0.1) is 10.2 Å². The number of carbonyl (C=O) groups excluding carboxylic acids is 1. The third-order valence-electron chi connectivity index (χ3n) is 5.02. The molecule has 0 aliphatic carbocycles. The Morgan fingerprint density at radius 1 is 1.09 bits per heavy atom. The number of para-hydroxylation sites is 1. The number of benzene rings is 2. The number of hydrogen-bond acceptors (Lipinski definition) is 7. The number of hydrogen-bond donors (Lipinski definition) is 1. The Labute approximate surface area is 210 Å². The van der Waals surface area contributed by atoms with Crippen LogP contribution in [0.3, 0.4) is 0 Å². The van der Waals surface area contributed by atoms with E-state index in [0.717, 1.165) is 15.4 Å². The predicted molar refractivity (Wildman–Crippen MR) is 137 cm³/mol. The molecular formula is C23H22BrN5O3S2. The topological polar surface area (TPSA) is 105 Å². The van der Waals surface area contributed by atoms with Gasteiger partial charge in [-0.1, -0.05) is 64.5 Å². The molecule has 0 bridgehead atoms. The number of anilines is 1. The van der Waals surface area contributed by atoms with E-state index in [1.807, 2.05) is 43.3 Å². The number of nitrogens with zero attached hydrogens (tertiary/aromatic N) is 4. The minimum Gasteiger partial charge on any atom is -0.300 e. The summed E-state index contributed by atoms with van der Waals surface area (Å²) in [6.07, 6.45) is 2.18. The van der Waals surface area contributed by atoms with Gasteiger partial charge >= 0.3 is 0 Å². The number of amides is 1. The van der Waals surface area contributed by atoms with Crippen LogP contribution in [-0.4, -0.2) is 46.9 Å². The fourth-order valence-electron chi connectivity index (χ4n) is 3.44. The van der Waals surface area contributed by atoms with Gasteiger partial charge in [-0.25, -0.2) is 8.42 Å². The Bertz CT molecular complexity index is 1420. The third kappa shape index (κ3) is 5.49. The average Bonchev–Trinajstić information content (AvgIpc) is 3.29. The van der Waals surface area contributed by atoms with Gasteiger partial charge in [0.2, 0.25) is 21.1 Å². The number of aromatic nitrogens is 3. The number of nitrogens with one attached hydrogen (secondary N) is 1. The van der Waals surface area contributed by atoms with E-state index >= 15 is 0 Å². The van der Waals surface area contributed by atoms with E-state index in [2.05, 4.69) is 36.4 Å². The molecule has 11 heteroatoms. The fourth-order valence-corrected chi connectivity index (χ4v) is 6.30. The van der Waals surface area contributed by atoms with Crippen molar-refractivity contribution in [2.75, 3.05) is 18.4 Å². The Kier molecular flexibility index (Phi) is 7.67. The quantitative estimate of drug-likeness (QED) is 0.311. The van der Waals surface area contributed by atoms with Crippen molar-refractivity contribution < 1.29 is 13.2 Å². The van der Waals surface area contributed by atoms with Crippen LogP contribution in [0.15, 0.2) is 70.2 Å². The molecule has 0 saturated heterocycles. The summed E-state index contributed by atoms with van der Waals surface area (Å²) < 4.78 is 29.1. The minimum absolute atomic E-state index is 0.0107. The van der Waals surface area contributed by atoms with Crippen LogP contribution in [-0.2, 0) is 14.8 Å². The van der Waals surface area contributed by atoms with Crippen LogP contribution in [0.1, 0.15) is 19.8 Å². The Balaban J connectivity index is 1.46. The highest BCUT2D eigenvalue weighted by Crippen LogP contribution is 2.28. The lowest BCUT2D eigenvalue weighted by Gasteiger charge is -2.22. The predicted octanol–water partition coefficient (Wildman–Crippen LogP) is 4.95. The molecule has 4 aromatic rings. The third-order valence-corrected chi connectivity index (χ3v) is 8.33. The number of sulfonamides is 1. The second-order valence-corrected chi connectivity index (χ2v) is 11.3. The van der Waals surface area contributed by atoms with Crippen molar-refractivity contribution in [1.29, 1.82) is 0 Å². The number of pyridine rings is 1. The number of halogens is 1. The molecule has 0 atom stereocenters. The summed E-state index contributed by atoms with van der Waals surface area (Å²) in [5, 5.41) is 12.7. The lowest BCUT2D eigenvalue weighted by atomic mass is 10.2. The van der Waals surface area contributed by atoms with Crippen molar-refractivity contribution >= 4 is 59.2 Å². The summed E-state index contributed by atoms with van der Waals surface area (Å²) in [5.74, 6) is -0.329. The zero-order valence-corrected chi connectivity index (χ0v) is 21.5. The van der Waals surface area contributed by atoms with E-state index in [4.69, 9.17) is 0 Å². The Hall–Kier alpha value is -2.73. The lowest BCUT2D eigenvalue weighted by molar-refractivity contribution is -0.116. The molecule has 0 fully saturated rings. The Morgan fingerprint density at radius 3 is 2.68 bits per heavy atom. The largest absolute Gasteiger partial charge is 0.300 e. The van der Waals surface area contributed by atoms with Crippen molar-refractivity contribution in [2.24, 2.45) is 0 Å². The van der Waals surface area contributed by atoms with Gasteiger partial charge in [-0.3, -0.25) is 9.78 Å². The first-order chi connectivity index (χ1) is 16.4. The van der Waals surface area contributed by atoms with Crippen LogP contribution < -0.4 is 5.32 Å². The van der Waals surface area contributed by atoms with Gasteiger partial charge in [0.05, 0.1) is 5.52 Å². The number of fused-ring (bicyclic) bond motifs is 1. The summed E-state index contributed by atoms with van der Waals surface area (Å²) in [5.41, 5.74) is 1.31. The second kappa shape index (κ2) is 10.7. The van der Waals surface area contributed by atoms with Crippen molar-refractivity contribution in [3.63, 3.8) is 0 Å². The minimum atomic E-state index is -3.83. The van der Waals surface area contributed by atoms with E-state index in [1.165, 1.54) is 15.6 Å². The van der Waals surface area contributed by atoms with Crippen LogP contribution in [0, 0.1) is 0 Å². The average molecular weight is 560 g/mol. The molecule has 0 unspecified atom stereocenters. The van der Waals surface area contributed by atoms with Gasteiger partial charge in [0, 0.05) is 41.1 Å². The van der Waals surface area contributed by atoms with E-state index in [0.29, 0.717) is 28.6 Å². The maximum absolute atomic E-state index is 13.4. The standard InChI is InChI=1S/C23H22BrN5O3S2/c1-2-13-29(34(31,32)19-10-4-6-16-8-5-12-25-21(16)19)14-11-20(30)26-23-28-27-22(33-23)17-7-3-9-18(24)15-17/h3-10,12,15H,2,11,13-14H2,1H3,(H,26,28,30). The molecule has 0 saturated carbocycles. The summed E-state index contributed by atoms with van der Waals surface area (Å²) >= 11 is 4.68. The Morgan fingerprint density at radius 2 is 1.88 bits per heavy atom.